The summed E-state index contributed by atoms with van der Waals surface area (Å²) in [5.41, 5.74) is 3.09. The van der Waals surface area contributed by atoms with Gasteiger partial charge in [0.15, 0.2) is 5.69 Å². The van der Waals surface area contributed by atoms with Gasteiger partial charge in [-0.3, -0.25) is 4.98 Å². The Labute approximate surface area is 142 Å². The molecule has 0 unspecified atom stereocenters. The Balaban J connectivity index is 1.73. The van der Waals surface area contributed by atoms with Gasteiger partial charge in [0.25, 0.3) is 0 Å². The maximum absolute atomic E-state index is 10.7. The first-order valence-corrected chi connectivity index (χ1v) is 7.88. The van der Waals surface area contributed by atoms with Gasteiger partial charge in [-0.05, 0) is 38.9 Å². The number of carboxylic acid groups (broad SMARTS) is 1. The number of aryl methyl sites for hydroxylation is 2. The zero-order valence-corrected chi connectivity index (χ0v) is 14.3. The van der Waals surface area contributed by atoms with E-state index in [0.29, 0.717) is 13.2 Å². The van der Waals surface area contributed by atoms with Gasteiger partial charge in [0.1, 0.15) is 5.75 Å². The van der Waals surface area contributed by atoms with Crippen LogP contribution in [0.2, 0.25) is 0 Å². The van der Waals surface area contributed by atoms with Crippen molar-refractivity contribution in [3.8, 4) is 5.75 Å². The fraction of sp³-hybridized carbons (Fsp3) is 0.389. The third-order valence-corrected chi connectivity index (χ3v) is 3.63. The SMILES string of the molecule is Cc1ccc(OCCCN(C)Cc2cnc(C(=O)O)cn2)c(C)c1. The molecule has 0 atom stereocenters. The average molecular weight is 329 g/mol. The summed E-state index contributed by atoms with van der Waals surface area (Å²) in [5, 5.41) is 8.80. The summed E-state index contributed by atoms with van der Waals surface area (Å²) in [7, 11) is 1.99. The molecule has 1 N–H and O–H groups in total. The summed E-state index contributed by atoms with van der Waals surface area (Å²) in [6.45, 7) is 6.24. The lowest BCUT2D eigenvalue weighted by atomic mass is 10.1. The second kappa shape index (κ2) is 8.40. The molecule has 6 heteroatoms. The van der Waals surface area contributed by atoms with Crippen LogP contribution in [0.4, 0.5) is 0 Å². The molecule has 1 aromatic carbocycles. The summed E-state index contributed by atoms with van der Waals surface area (Å²) >= 11 is 0. The van der Waals surface area contributed by atoms with Gasteiger partial charge in [-0.15, -0.1) is 0 Å². The van der Waals surface area contributed by atoms with E-state index in [0.717, 1.165) is 30.0 Å². The number of rotatable bonds is 8. The van der Waals surface area contributed by atoms with E-state index < -0.39 is 5.97 Å². The van der Waals surface area contributed by atoms with Gasteiger partial charge in [0.2, 0.25) is 0 Å². The molecule has 1 aromatic heterocycles. The van der Waals surface area contributed by atoms with Gasteiger partial charge in [0.05, 0.1) is 24.7 Å². The Morgan fingerprint density at radius 1 is 1.25 bits per heavy atom. The van der Waals surface area contributed by atoms with Crippen LogP contribution in [-0.2, 0) is 6.54 Å². The Kier molecular flexibility index (Phi) is 6.26. The van der Waals surface area contributed by atoms with Crippen molar-refractivity contribution >= 4 is 5.97 Å². The number of ether oxygens (including phenoxy) is 1. The van der Waals surface area contributed by atoms with Crippen LogP contribution < -0.4 is 4.74 Å². The van der Waals surface area contributed by atoms with Gasteiger partial charge < -0.3 is 14.7 Å². The molecular formula is C18H23N3O3. The highest BCUT2D eigenvalue weighted by Gasteiger charge is 2.07. The van der Waals surface area contributed by atoms with Gasteiger partial charge in [-0.2, -0.15) is 0 Å². The van der Waals surface area contributed by atoms with Crippen LogP contribution in [0.3, 0.4) is 0 Å². The molecule has 0 bridgehead atoms. The molecule has 2 rings (SSSR count). The molecule has 0 radical (unpaired) electrons. The number of nitrogens with zero attached hydrogens (tertiary/aromatic N) is 3. The molecular weight excluding hydrogens is 306 g/mol. The molecule has 24 heavy (non-hydrogen) atoms. The Hall–Kier alpha value is -2.47. The molecule has 0 amide bonds. The molecule has 0 aliphatic heterocycles. The largest absolute Gasteiger partial charge is 0.493 e. The highest BCUT2D eigenvalue weighted by atomic mass is 16.5. The van der Waals surface area contributed by atoms with E-state index in [1.54, 1.807) is 0 Å². The fourth-order valence-corrected chi connectivity index (χ4v) is 2.38. The number of hydrogen-bond donors (Lipinski definition) is 1. The molecule has 0 saturated heterocycles. The third kappa shape index (κ3) is 5.31. The first-order valence-electron chi connectivity index (χ1n) is 7.88. The lowest BCUT2D eigenvalue weighted by Gasteiger charge is -2.16. The van der Waals surface area contributed by atoms with Crippen molar-refractivity contribution in [1.29, 1.82) is 0 Å². The quantitative estimate of drug-likeness (QED) is 0.751. The number of carboxylic acids is 1. The maximum atomic E-state index is 10.7. The number of aromatic nitrogens is 2. The minimum absolute atomic E-state index is 0.0386. The minimum atomic E-state index is -1.06. The molecule has 0 aliphatic rings. The van der Waals surface area contributed by atoms with Crippen LogP contribution in [0.5, 0.6) is 5.75 Å². The fourth-order valence-electron chi connectivity index (χ4n) is 2.38. The van der Waals surface area contributed by atoms with E-state index in [1.807, 2.05) is 26.1 Å². The van der Waals surface area contributed by atoms with Crippen molar-refractivity contribution in [2.75, 3.05) is 20.2 Å². The van der Waals surface area contributed by atoms with Crippen molar-refractivity contribution < 1.29 is 14.6 Å². The predicted molar refractivity (Wildman–Crippen MR) is 91.4 cm³/mol. The van der Waals surface area contributed by atoms with E-state index in [1.165, 1.54) is 18.0 Å². The van der Waals surface area contributed by atoms with Crippen molar-refractivity contribution in [1.82, 2.24) is 14.9 Å². The van der Waals surface area contributed by atoms with Crippen molar-refractivity contribution in [3.05, 3.63) is 53.1 Å². The lowest BCUT2D eigenvalue weighted by Crippen LogP contribution is -2.21. The van der Waals surface area contributed by atoms with E-state index >= 15 is 0 Å². The Morgan fingerprint density at radius 3 is 2.67 bits per heavy atom. The van der Waals surface area contributed by atoms with E-state index in [-0.39, 0.29) is 5.69 Å². The van der Waals surface area contributed by atoms with Gasteiger partial charge in [0, 0.05) is 13.1 Å². The number of benzene rings is 1. The van der Waals surface area contributed by atoms with Gasteiger partial charge in [-0.25, -0.2) is 9.78 Å². The molecule has 0 saturated carbocycles. The predicted octanol–water partition coefficient (Wildman–Crippen LogP) is 2.69. The molecule has 0 fully saturated rings. The zero-order valence-electron chi connectivity index (χ0n) is 14.3. The first kappa shape index (κ1) is 17.9. The Bertz CT molecular complexity index is 686. The first-order chi connectivity index (χ1) is 11.5. The number of aromatic carboxylic acids is 1. The van der Waals surface area contributed by atoms with Gasteiger partial charge >= 0.3 is 5.97 Å². The van der Waals surface area contributed by atoms with Crippen LogP contribution in [0.1, 0.15) is 33.7 Å². The minimum Gasteiger partial charge on any atom is -0.493 e. The third-order valence-electron chi connectivity index (χ3n) is 3.63. The standard InChI is InChI=1S/C18H23N3O3/c1-13-5-6-17(14(2)9-13)24-8-4-7-21(3)12-15-10-20-16(11-19-15)18(22)23/h5-6,9-11H,4,7-8,12H2,1-3H3,(H,22,23). The molecule has 2 aromatic rings. The summed E-state index contributed by atoms with van der Waals surface area (Å²) in [6.07, 6.45) is 3.69. The number of carbonyl (C=O) groups is 1. The van der Waals surface area contributed by atoms with Crippen LogP contribution in [0.25, 0.3) is 0 Å². The zero-order chi connectivity index (χ0) is 17.5. The average Bonchev–Trinajstić information content (AvgIpc) is 2.53. The van der Waals surface area contributed by atoms with Crippen molar-refractivity contribution in [3.63, 3.8) is 0 Å². The van der Waals surface area contributed by atoms with Crippen molar-refractivity contribution in [2.45, 2.75) is 26.8 Å². The summed E-state index contributed by atoms with van der Waals surface area (Å²) in [6, 6.07) is 6.17. The number of hydrogen-bond acceptors (Lipinski definition) is 5. The summed E-state index contributed by atoms with van der Waals surface area (Å²) in [4.78, 5) is 20.8. The van der Waals surface area contributed by atoms with E-state index in [4.69, 9.17) is 9.84 Å². The van der Waals surface area contributed by atoms with Gasteiger partial charge in [-0.1, -0.05) is 17.7 Å². The lowest BCUT2D eigenvalue weighted by molar-refractivity contribution is 0.0690. The Morgan fingerprint density at radius 2 is 2.04 bits per heavy atom. The van der Waals surface area contributed by atoms with Crippen LogP contribution in [0, 0.1) is 13.8 Å². The highest BCUT2D eigenvalue weighted by Crippen LogP contribution is 2.18. The highest BCUT2D eigenvalue weighted by molar-refractivity contribution is 5.84. The van der Waals surface area contributed by atoms with Crippen LogP contribution >= 0.6 is 0 Å². The second-order valence-electron chi connectivity index (χ2n) is 5.91. The van der Waals surface area contributed by atoms with Crippen molar-refractivity contribution in [2.24, 2.45) is 0 Å². The summed E-state index contributed by atoms with van der Waals surface area (Å²) in [5.74, 6) is -0.135. The topological polar surface area (TPSA) is 75.5 Å². The monoisotopic (exact) mass is 329 g/mol. The maximum Gasteiger partial charge on any atom is 0.356 e. The summed E-state index contributed by atoms with van der Waals surface area (Å²) < 4.78 is 5.81. The molecule has 6 nitrogen and oxygen atoms in total. The van der Waals surface area contributed by atoms with E-state index in [2.05, 4.69) is 27.9 Å². The second-order valence-corrected chi connectivity index (χ2v) is 5.91. The smallest absolute Gasteiger partial charge is 0.356 e. The van der Waals surface area contributed by atoms with E-state index in [9.17, 15) is 4.79 Å². The van der Waals surface area contributed by atoms with Crippen LogP contribution in [-0.4, -0.2) is 46.1 Å². The molecule has 128 valence electrons. The molecule has 1 heterocycles. The molecule has 0 spiro atoms. The normalized spacial score (nSPS) is 10.8. The van der Waals surface area contributed by atoms with Crippen LogP contribution in [0.15, 0.2) is 30.6 Å². The molecule has 0 aliphatic carbocycles.